The van der Waals surface area contributed by atoms with Gasteiger partial charge in [0.1, 0.15) is 5.82 Å². The van der Waals surface area contributed by atoms with Gasteiger partial charge in [-0.2, -0.15) is 0 Å². The average Bonchev–Trinajstić information content (AvgIpc) is 3.13. The molecular weight excluding hydrogens is 379 g/mol. The number of nitrogens with zero attached hydrogens (tertiary/aromatic N) is 2. The zero-order valence-corrected chi connectivity index (χ0v) is 15.5. The van der Waals surface area contributed by atoms with Gasteiger partial charge in [0.2, 0.25) is 5.89 Å². The summed E-state index contributed by atoms with van der Waals surface area (Å²) in [5, 5.41) is 8.10. The highest BCUT2D eigenvalue weighted by Crippen LogP contribution is 2.27. The summed E-state index contributed by atoms with van der Waals surface area (Å²) >= 11 is 7.57. The molecule has 0 saturated carbocycles. The van der Waals surface area contributed by atoms with E-state index in [-0.39, 0.29) is 23.2 Å². The molecule has 0 saturated heterocycles. The topological polar surface area (TPSA) is 65.2 Å². The van der Waals surface area contributed by atoms with Gasteiger partial charge in [-0.05, 0) is 55.6 Å². The molecule has 0 spiro atoms. The van der Waals surface area contributed by atoms with Gasteiger partial charge in [0.05, 0.1) is 10.6 Å². The van der Waals surface area contributed by atoms with E-state index >= 15 is 0 Å². The first-order chi connectivity index (χ1) is 12.5. The van der Waals surface area contributed by atoms with Crippen molar-refractivity contribution in [1.29, 1.82) is 0 Å². The van der Waals surface area contributed by atoms with E-state index in [1.807, 2.05) is 12.3 Å². The van der Waals surface area contributed by atoms with Crippen LogP contribution in [0.15, 0.2) is 51.8 Å². The summed E-state index contributed by atoms with van der Waals surface area (Å²) in [5.41, 5.74) is 0.836. The molecule has 5 nitrogen and oxygen atoms in total. The first kappa shape index (κ1) is 18.4. The smallest absolute Gasteiger partial charge is 0.340 e. The number of esters is 1. The van der Waals surface area contributed by atoms with Crippen molar-refractivity contribution in [2.75, 3.05) is 6.26 Å². The molecule has 1 heterocycles. The number of benzene rings is 2. The second-order valence-electron chi connectivity index (χ2n) is 5.35. The number of carbonyl (C=O) groups excluding carboxylic acids is 1. The van der Waals surface area contributed by atoms with Crippen LogP contribution in [0.2, 0.25) is 5.02 Å². The van der Waals surface area contributed by atoms with Crippen LogP contribution >= 0.6 is 23.4 Å². The lowest BCUT2D eigenvalue weighted by atomic mass is 10.2. The number of carbonyl (C=O) groups is 1. The summed E-state index contributed by atoms with van der Waals surface area (Å²) in [5.74, 6) is -0.597. The molecule has 1 aromatic heterocycles. The van der Waals surface area contributed by atoms with E-state index in [1.54, 1.807) is 19.1 Å². The van der Waals surface area contributed by atoms with E-state index < -0.39 is 12.1 Å². The van der Waals surface area contributed by atoms with Crippen LogP contribution in [0.4, 0.5) is 4.39 Å². The van der Waals surface area contributed by atoms with Crippen molar-refractivity contribution in [2.45, 2.75) is 17.9 Å². The molecule has 0 aliphatic carbocycles. The third kappa shape index (κ3) is 4.05. The summed E-state index contributed by atoms with van der Waals surface area (Å²) in [6, 6.07) is 10.8. The Labute approximate surface area is 158 Å². The monoisotopic (exact) mass is 392 g/mol. The first-order valence-corrected chi connectivity index (χ1v) is 9.22. The fourth-order valence-corrected chi connectivity index (χ4v) is 2.80. The Bertz CT molecular complexity index is 930. The number of thioether (sulfide) groups is 1. The largest absolute Gasteiger partial charge is 0.449 e. The van der Waals surface area contributed by atoms with E-state index in [2.05, 4.69) is 10.2 Å². The van der Waals surface area contributed by atoms with Crippen molar-refractivity contribution in [3.05, 3.63) is 64.8 Å². The number of halogens is 2. The van der Waals surface area contributed by atoms with Gasteiger partial charge in [-0.1, -0.05) is 11.6 Å². The number of rotatable bonds is 5. The van der Waals surface area contributed by atoms with E-state index in [9.17, 15) is 9.18 Å². The maximum atomic E-state index is 13.0. The predicted molar refractivity (Wildman–Crippen MR) is 96.8 cm³/mol. The van der Waals surface area contributed by atoms with Crippen LogP contribution in [0.25, 0.3) is 11.5 Å². The third-order valence-electron chi connectivity index (χ3n) is 3.56. The molecule has 1 atom stereocenters. The molecule has 0 unspecified atom stereocenters. The summed E-state index contributed by atoms with van der Waals surface area (Å²) in [4.78, 5) is 13.3. The highest BCUT2D eigenvalue weighted by Gasteiger charge is 2.21. The molecule has 0 amide bonds. The summed E-state index contributed by atoms with van der Waals surface area (Å²) < 4.78 is 23.9. The predicted octanol–water partition coefficient (Wildman–Crippen LogP) is 5.17. The second kappa shape index (κ2) is 7.88. The highest BCUT2D eigenvalue weighted by molar-refractivity contribution is 7.98. The Hall–Kier alpha value is -2.38. The molecule has 0 aliphatic heterocycles. The van der Waals surface area contributed by atoms with Crippen LogP contribution in [0.5, 0.6) is 0 Å². The molecule has 0 bridgehead atoms. The van der Waals surface area contributed by atoms with Gasteiger partial charge < -0.3 is 9.15 Å². The molecule has 3 rings (SSSR count). The molecule has 0 aliphatic rings. The molecule has 0 fully saturated rings. The zero-order valence-electron chi connectivity index (χ0n) is 13.9. The molecule has 8 heteroatoms. The quantitative estimate of drug-likeness (QED) is 0.441. The maximum absolute atomic E-state index is 13.0. The minimum absolute atomic E-state index is 0.134. The Morgan fingerprint density at radius 3 is 2.65 bits per heavy atom. The number of aromatic nitrogens is 2. The van der Waals surface area contributed by atoms with Crippen molar-refractivity contribution in [3.8, 4) is 11.5 Å². The van der Waals surface area contributed by atoms with Crippen LogP contribution in [0.3, 0.4) is 0 Å². The molecule has 3 aromatic rings. The minimum Gasteiger partial charge on any atom is -0.449 e. The normalized spacial score (nSPS) is 12.0. The van der Waals surface area contributed by atoms with Gasteiger partial charge in [-0.15, -0.1) is 22.0 Å². The fraction of sp³-hybridized carbons (Fsp3) is 0.167. The molecule has 0 radical (unpaired) electrons. The molecule has 134 valence electrons. The minimum atomic E-state index is -0.766. The Balaban J connectivity index is 1.75. The lowest BCUT2D eigenvalue weighted by molar-refractivity contribution is 0.0280. The lowest BCUT2D eigenvalue weighted by Crippen LogP contribution is -2.10. The molecule has 0 N–H and O–H groups in total. The Morgan fingerprint density at radius 1 is 1.23 bits per heavy atom. The summed E-state index contributed by atoms with van der Waals surface area (Å²) in [7, 11) is 0. The number of hydrogen-bond acceptors (Lipinski definition) is 6. The van der Waals surface area contributed by atoms with E-state index in [0.717, 1.165) is 4.90 Å². The second-order valence-corrected chi connectivity index (χ2v) is 6.63. The van der Waals surface area contributed by atoms with Crippen molar-refractivity contribution in [3.63, 3.8) is 0 Å². The van der Waals surface area contributed by atoms with Crippen LogP contribution < -0.4 is 0 Å². The maximum Gasteiger partial charge on any atom is 0.340 e. The van der Waals surface area contributed by atoms with Gasteiger partial charge >= 0.3 is 5.97 Å². The van der Waals surface area contributed by atoms with Gasteiger partial charge in [0, 0.05) is 10.5 Å². The molecule has 2 aromatic carbocycles. The third-order valence-corrected chi connectivity index (χ3v) is 4.61. The number of hydrogen-bond donors (Lipinski definition) is 0. The van der Waals surface area contributed by atoms with Gasteiger partial charge in [0.25, 0.3) is 5.89 Å². The standard InChI is InChI=1S/C18H14ClFN2O3S/c1-10(24-18(23)14-9-13(26-2)7-8-15(14)19)16-21-22-17(25-16)11-3-5-12(20)6-4-11/h3-10H,1-2H3/t10-/m0/s1. The Kier molecular flexibility index (Phi) is 5.58. The molecule has 26 heavy (non-hydrogen) atoms. The van der Waals surface area contributed by atoms with Crippen LogP contribution in [-0.4, -0.2) is 22.4 Å². The SMILES string of the molecule is CSc1ccc(Cl)c(C(=O)O[C@@H](C)c2nnc(-c3ccc(F)cc3)o2)c1. The van der Waals surface area contributed by atoms with Crippen molar-refractivity contribution in [2.24, 2.45) is 0 Å². The summed E-state index contributed by atoms with van der Waals surface area (Å²) in [6.07, 6.45) is 1.13. The number of ether oxygens (including phenoxy) is 1. The highest BCUT2D eigenvalue weighted by atomic mass is 35.5. The van der Waals surface area contributed by atoms with E-state index in [0.29, 0.717) is 10.6 Å². The zero-order chi connectivity index (χ0) is 18.7. The van der Waals surface area contributed by atoms with E-state index in [4.69, 9.17) is 20.8 Å². The van der Waals surface area contributed by atoms with Gasteiger partial charge in [-0.25, -0.2) is 9.18 Å². The van der Waals surface area contributed by atoms with Crippen LogP contribution in [0.1, 0.15) is 29.3 Å². The Morgan fingerprint density at radius 2 is 1.96 bits per heavy atom. The van der Waals surface area contributed by atoms with E-state index in [1.165, 1.54) is 36.0 Å². The van der Waals surface area contributed by atoms with Crippen molar-refractivity contribution >= 4 is 29.3 Å². The average molecular weight is 393 g/mol. The van der Waals surface area contributed by atoms with Gasteiger partial charge in [-0.3, -0.25) is 0 Å². The van der Waals surface area contributed by atoms with Crippen LogP contribution in [0, 0.1) is 5.82 Å². The summed E-state index contributed by atoms with van der Waals surface area (Å²) in [6.45, 7) is 1.62. The first-order valence-electron chi connectivity index (χ1n) is 7.62. The van der Waals surface area contributed by atoms with Gasteiger partial charge in [0.15, 0.2) is 6.10 Å². The van der Waals surface area contributed by atoms with Crippen molar-refractivity contribution in [1.82, 2.24) is 10.2 Å². The van der Waals surface area contributed by atoms with Crippen molar-refractivity contribution < 1.29 is 18.3 Å². The fourth-order valence-electron chi connectivity index (χ4n) is 2.17. The molecular formula is C18H14ClFN2O3S. The lowest BCUT2D eigenvalue weighted by Gasteiger charge is -2.11. The van der Waals surface area contributed by atoms with Crippen LogP contribution in [-0.2, 0) is 4.74 Å².